The van der Waals surface area contributed by atoms with Gasteiger partial charge >= 0.3 is 0 Å². The van der Waals surface area contributed by atoms with Gasteiger partial charge in [0.1, 0.15) is 18.1 Å². The van der Waals surface area contributed by atoms with E-state index < -0.39 is 5.91 Å². The number of rotatable bonds is 5. The molecule has 2 aromatic carbocycles. The van der Waals surface area contributed by atoms with Gasteiger partial charge in [0.05, 0.1) is 24.5 Å². The topological polar surface area (TPSA) is 102 Å². The largest absolute Gasteiger partial charge is 0.490 e. The molecule has 10 nitrogen and oxygen atoms in total. The number of carbonyl (C=O) groups excluding carboxylic acids is 4. The summed E-state index contributed by atoms with van der Waals surface area (Å²) in [6.45, 7) is 12.7. The molecule has 0 aliphatic carbocycles. The molecule has 1 fully saturated rings. The molecule has 0 spiro atoms. The first kappa shape index (κ1) is 26.2. The summed E-state index contributed by atoms with van der Waals surface area (Å²) in [4.78, 5) is 57.8. The highest BCUT2D eigenvalue weighted by molar-refractivity contribution is 6.08. The van der Waals surface area contributed by atoms with Gasteiger partial charge in [-0.2, -0.15) is 0 Å². The molecular weight excluding hydrogens is 498 g/mol. The van der Waals surface area contributed by atoms with Crippen LogP contribution in [0.2, 0.25) is 0 Å². The van der Waals surface area contributed by atoms with E-state index in [1.807, 2.05) is 31.3 Å². The van der Waals surface area contributed by atoms with Crippen molar-refractivity contribution < 1.29 is 23.9 Å². The number of hydrogen-bond acceptors (Lipinski definition) is 6. The Bertz CT molecular complexity index is 1410. The predicted molar refractivity (Wildman–Crippen MR) is 146 cm³/mol. The van der Waals surface area contributed by atoms with Gasteiger partial charge in [-0.15, -0.1) is 0 Å². The molecule has 0 aromatic heterocycles. The van der Waals surface area contributed by atoms with E-state index in [0.717, 1.165) is 29.8 Å². The summed E-state index contributed by atoms with van der Waals surface area (Å²) in [6, 6.07) is 11.0. The number of fused-ring (bicyclic) bond motifs is 2. The third kappa shape index (κ3) is 4.90. The normalized spacial score (nSPS) is 16.8. The Hall–Kier alpha value is -4.44. The number of piperazine rings is 1. The minimum absolute atomic E-state index is 0.0517. The van der Waals surface area contributed by atoms with Crippen molar-refractivity contribution in [2.75, 3.05) is 51.3 Å². The van der Waals surface area contributed by atoms with Gasteiger partial charge in [-0.1, -0.05) is 31.4 Å². The van der Waals surface area contributed by atoms with Crippen molar-refractivity contribution in [2.45, 2.75) is 13.5 Å². The quantitative estimate of drug-likeness (QED) is 0.595. The Labute approximate surface area is 227 Å². The molecule has 39 heavy (non-hydrogen) atoms. The van der Waals surface area contributed by atoms with Gasteiger partial charge in [0.15, 0.2) is 0 Å². The molecule has 3 aliphatic rings. The zero-order valence-electron chi connectivity index (χ0n) is 22.2. The van der Waals surface area contributed by atoms with Crippen LogP contribution < -0.4 is 15.0 Å². The number of nitrogens with one attached hydrogen (secondary N) is 1. The van der Waals surface area contributed by atoms with Crippen LogP contribution in [0.15, 0.2) is 61.0 Å². The summed E-state index contributed by atoms with van der Waals surface area (Å²) in [6.07, 6.45) is 0. The molecule has 0 unspecified atom stereocenters. The maximum Gasteiger partial charge on any atom is 0.271 e. The molecule has 10 heteroatoms. The lowest BCUT2D eigenvalue weighted by Gasteiger charge is -2.32. The van der Waals surface area contributed by atoms with Crippen LogP contribution in [0.1, 0.15) is 22.8 Å². The molecule has 2 aromatic rings. The first-order valence-electron chi connectivity index (χ1n) is 12.8. The average Bonchev–Trinajstić information content (AvgIpc) is 3.28. The number of carbonyl (C=O) groups is 4. The van der Waals surface area contributed by atoms with E-state index in [9.17, 15) is 19.2 Å². The molecule has 0 atom stereocenters. The number of nitrogens with zero attached hydrogens (tertiary/aromatic N) is 4. The van der Waals surface area contributed by atoms with Crippen molar-refractivity contribution in [1.82, 2.24) is 20.0 Å². The monoisotopic (exact) mass is 529 g/mol. The number of anilines is 1. The standard InChI is InChI=1S/C29H31N5O5/c1-18(28(37)32-12-10-31(4)11-13-32)30-27(36)19(2)34-17-24-22(6-5-7-23(24)29(34)38)21-8-9-25-26(16-21)39-15-14-33(25)20(3)35/h5-9,16H,1-2,10-15,17H2,3-4H3,(H,30,36). The fourth-order valence-corrected chi connectivity index (χ4v) is 5.12. The fraction of sp³-hybridized carbons (Fsp3) is 0.310. The van der Waals surface area contributed by atoms with E-state index in [-0.39, 0.29) is 35.7 Å². The minimum Gasteiger partial charge on any atom is -0.490 e. The molecule has 3 aliphatic heterocycles. The van der Waals surface area contributed by atoms with Crippen molar-refractivity contribution >= 4 is 29.3 Å². The lowest BCUT2D eigenvalue weighted by molar-refractivity contribution is -0.130. The van der Waals surface area contributed by atoms with E-state index in [0.29, 0.717) is 43.2 Å². The molecule has 1 saturated heterocycles. The van der Waals surface area contributed by atoms with Crippen molar-refractivity contribution in [2.24, 2.45) is 0 Å². The molecule has 1 N–H and O–H groups in total. The van der Waals surface area contributed by atoms with Crippen LogP contribution in [0, 0.1) is 0 Å². The molecule has 0 radical (unpaired) electrons. The van der Waals surface area contributed by atoms with Crippen LogP contribution in [-0.4, -0.2) is 84.7 Å². The summed E-state index contributed by atoms with van der Waals surface area (Å²) in [5.74, 6) is -0.809. The van der Waals surface area contributed by atoms with Crippen molar-refractivity contribution in [1.29, 1.82) is 0 Å². The van der Waals surface area contributed by atoms with Gasteiger partial charge in [-0.25, -0.2) is 0 Å². The summed E-state index contributed by atoms with van der Waals surface area (Å²) < 4.78 is 5.82. The van der Waals surface area contributed by atoms with E-state index >= 15 is 0 Å². The first-order valence-corrected chi connectivity index (χ1v) is 12.8. The second-order valence-electron chi connectivity index (χ2n) is 9.90. The van der Waals surface area contributed by atoms with Crippen molar-refractivity contribution in [3.05, 3.63) is 72.1 Å². The summed E-state index contributed by atoms with van der Waals surface area (Å²) in [7, 11) is 1.99. The number of ether oxygens (including phenoxy) is 1. The second-order valence-corrected chi connectivity index (χ2v) is 9.90. The lowest BCUT2D eigenvalue weighted by Crippen LogP contribution is -2.49. The molecule has 0 bridgehead atoms. The van der Waals surface area contributed by atoms with E-state index in [2.05, 4.69) is 23.4 Å². The van der Waals surface area contributed by atoms with Gasteiger partial charge in [-0.3, -0.25) is 24.1 Å². The number of benzene rings is 2. The highest BCUT2D eigenvalue weighted by Crippen LogP contribution is 2.39. The highest BCUT2D eigenvalue weighted by Gasteiger charge is 2.34. The van der Waals surface area contributed by atoms with E-state index in [4.69, 9.17) is 4.74 Å². The van der Waals surface area contributed by atoms with Crippen LogP contribution in [0.3, 0.4) is 0 Å². The van der Waals surface area contributed by atoms with Crippen molar-refractivity contribution in [3.63, 3.8) is 0 Å². The SMILES string of the molecule is C=C(NC(=O)C(=C)N1Cc2c(cccc2-c2ccc3c(c2)OCCN3C(C)=O)C1=O)C(=O)N1CCN(C)CC1. The van der Waals surface area contributed by atoms with Crippen LogP contribution in [0.5, 0.6) is 5.75 Å². The lowest BCUT2D eigenvalue weighted by atomic mass is 9.96. The van der Waals surface area contributed by atoms with E-state index in [1.165, 1.54) is 11.8 Å². The van der Waals surface area contributed by atoms with Gasteiger partial charge < -0.3 is 24.8 Å². The summed E-state index contributed by atoms with van der Waals surface area (Å²) >= 11 is 0. The fourth-order valence-electron chi connectivity index (χ4n) is 5.12. The number of hydrogen-bond donors (Lipinski definition) is 1. The molecule has 0 saturated carbocycles. The van der Waals surface area contributed by atoms with Gasteiger partial charge in [0, 0.05) is 38.7 Å². The van der Waals surface area contributed by atoms with Crippen LogP contribution >= 0.6 is 0 Å². The molecule has 202 valence electrons. The molecule has 3 heterocycles. The van der Waals surface area contributed by atoms with Gasteiger partial charge in [-0.05, 0) is 41.9 Å². The zero-order valence-corrected chi connectivity index (χ0v) is 22.2. The predicted octanol–water partition coefficient (Wildman–Crippen LogP) is 1.97. The third-order valence-electron chi connectivity index (χ3n) is 7.38. The van der Waals surface area contributed by atoms with Crippen LogP contribution in [-0.2, 0) is 20.9 Å². The highest BCUT2D eigenvalue weighted by atomic mass is 16.5. The summed E-state index contributed by atoms with van der Waals surface area (Å²) in [5.41, 5.74) is 3.45. The number of likely N-dealkylation sites (N-methyl/N-ethyl adjacent to an activating group) is 1. The first-order chi connectivity index (χ1) is 18.7. The molecule has 4 amide bonds. The Morgan fingerprint density at radius 2 is 1.67 bits per heavy atom. The Kier molecular flexibility index (Phi) is 6.96. The van der Waals surface area contributed by atoms with Gasteiger partial charge in [0.25, 0.3) is 17.7 Å². The van der Waals surface area contributed by atoms with Crippen LogP contribution in [0.4, 0.5) is 5.69 Å². The second kappa shape index (κ2) is 10.4. The van der Waals surface area contributed by atoms with Crippen molar-refractivity contribution in [3.8, 4) is 16.9 Å². The van der Waals surface area contributed by atoms with Gasteiger partial charge in [0.2, 0.25) is 5.91 Å². The van der Waals surface area contributed by atoms with Crippen LogP contribution in [0.25, 0.3) is 11.1 Å². The molecule has 5 rings (SSSR count). The smallest absolute Gasteiger partial charge is 0.271 e. The van der Waals surface area contributed by atoms with E-state index in [1.54, 1.807) is 21.9 Å². The summed E-state index contributed by atoms with van der Waals surface area (Å²) in [5, 5.41) is 2.53. The Balaban J connectivity index is 1.32. The number of amides is 4. The average molecular weight is 530 g/mol. The maximum absolute atomic E-state index is 13.3. The minimum atomic E-state index is -0.656. The Morgan fingerprint density at radius 3 is 2.38 bits per heavy atom. The Morgan fingerprint density at radius 1 is 0.949 bits per heavy atom. The third-order valence-corrected chi connectivity index (χ3v) is 7.38. The molecular formula is C29H31N5O5. The maximum atomic E-state index is 13.3. The zero-order chi connectivity index (χ0) is 27.8.